The topological polar surface area (TPSA) is 165 Å². The van der Waals surface area contributed by atoms with E-state index in [0.29, 0.717) is 28.5 Å². The van der Waals surface area contributed by atoms with Gasteiger partial charge in [0.15, 0.2) is 6.61 Å². The van der Waals surface area contributed by atoms with E-state index in [0.717, 1.165) is 66.6 Å². The summed E-state index contributed by atoms with van der Waals surface area (Å²) < 4.78 is 5.44. The molecule has 272 valence electrons. The maximum Gasteiger partial charge on any atom is 0.341 e. The van der Waals surface area contributed by atoms with E-state index >= 15 is 0 Å². The lowest BCUT2D eigenvalue weighted by Crippen LogP contribution is -2.09. The van der Waals surface area contributed by atoms with Crippen LogP contribution in [0.3, 0.4) is 0 Å². The molecule has 0 aliphatic carbocycles. The van der Waals surface area contributed by atoms with E-state index in [-0.39, 0.29) is 17.2 Å². The lowest BCUT2D eigenvalue weighted by molar-refractivity contribution is -0.139. The Labute approximate surface area is 319 Å². The van der Waals surface area contributed by atoms with Crippen molar-refractivity contribution in [1.29, 1.82) is 0 Å². The molecule has 5 heterocycles. The van der Waals surface area contributed by atoms with E-state index in [9.17, 15) is 20.1 Å². The Morgan fingerprint density at radius 1 is 0.446 bits per heavy atom. The number of carbonyl (C=O) groups is 1. The van der Waals surface area contributed by atoms with E-state index in [1.54, 1.807) is 48.5 Å². The largest absolute Gasteiger partial charge is 0.508 e. The standard InChI is InChI=1S/C46H32N4O6/c51-30-9-1-26(2-10-30)43-34-17-19-36(47-34)44(27-3-11-31(52)12-4-27)38-21-23-40(49-38)46(29-7-15-33(16-8-29)56-25-42(54)55)41-24-22-39(50-41)45(37-20-18-35(43)48-37)28-5-13-32(53)14-6-28/h1-24,47,50-53H,25H2,(H,54,55). The van der Waals surface area contributed by atoms with Crippen molar-refractivity contribution < 1.29 is 30.0 Å². The molecule has 0 saturated carbocycles. The van der Waals surface area contributed by atoms with Crippen molar-refractivity contribution in [3.8, 4) is 67.5 Å². The Balaban J connectivity index is 1.41. The van der Waals surface area contributed by atoms with Gasteiger partial charge in [-0.15, -0.1) is 0 Å². The van der Waals surface area contributed by atoms with Crippen LogP contribution in [0.5, 0.6) is 23.0 Å². The summed E-state index contributed by atoms with van der Waals surface area (Å²) in [5, 5.41) is 39.8. The monoisotopic (exact) mass is 736 g/mol. The van der Waals surface area contributed by atoms with Crippen LogP contribution >= 0.6 is 0 Å². The number of carboxylic acids is 1. The highest BCUT2D eigenvalue weighted by Crippen LogP contribution is 2.39. The number of phenolic OH excluding ortho intramolecular Hbond substituents is 3. The first kappa shape index (κ1) is 34.0. The first-order valence-electron chi connectivity index (χ1n) is 17.8. The summed E-state index contributed by atoms with van der Waals surface area (Å²) in [5.74, 6) is -0.210. The predicted octanol–water partition coefficient (Wildman–Crippen LogP) is 9.90. The Bertz CT molecular complexity index is 2840. The van der Waals surface area contributed by atoms with Gasteiger partial charge >= 0.3 is 5.97 Å². The molecular weight excluding hydrogens is 705 g/mol. The number of aromatic hydroxyl groups is 3. The molecule has 10 nitrogen and oxygen atoms in total. The van der Waals surface area contributed by atoms with Gasteiger partial charge in [0.25, 0.3) is 0 Å². The number of aliphatic carboxylic acids is 1. The van der Waals surface area contributed by atoms with Crippen molar-refractivity contribution in [2.24, 2.45) is 0 Å². The maximum absolute atomic E-state index is 11.2. The number of benzene rings is 4. The fourth-order valence-corrected chi connectivity index (χ4v) is 7.17. The maximum atomic E-state index is 11.2. The van der Waals surface area contributed by atoms with Crippen LogP contribution in [-0.4, -0.2) is 52.9 Å². The molecule has 0 unspecified atom stereocenters. The molecule has 4 aromatic carbocycles. The molecule has 0 atom stereocenters. The van der Waals surface area contributed by atoms with E-state index < -0.39 is 12.6 Å². The lowest BCUT2D eigenvalue weighted by Gasteiger charge is -2.08. The first-order valence-corrected chi connectivity index (χ1v) is 17.8. The summed E-state index contributed by atoms with van der Waals surface area (Å²) in [6.07, 6.45) is 7.87. The second-order valence-corrected chi connectivity index (χ2v) is 13.4. The molecule has 6 N–H and O–H groups in total. The van der Waals surface area contributed by atoms with Crippen LogP contribution in [0, 0.1) is 0 Å². The smallest absolute Gasteiger partial charge is 0.341 e. The molecule has 9 rings (SSSR count). The highest BCUT2D eigenvalue weighted by Gasteiger charge is 2.19. The Kier molecular flexibility index (Phi) is 8.40. The first-order chi connectivity index (χ1) is 27.3. The van der Waals surface area contributed by atoms with E-state index in [4.69, 9.17) is 19.8 Å². The molecule has 0 spiro atoms. The quantitative estimate of drug-likeness (QED) is 0.0941. The second kappa shape index (κ2) is 13.9. The van der Waals surface area contributed by atoms with Crippen LogP contribution in [0.4, 0.5) is 0 Å². The predicted molar refractivity (Wildman–Crippen MR) is 219 cm³/mol. The number of phenols is 3. The summed E-state index contributed by atoms with van der Waals surface area (Å²) in [7, 11) is 0. The number of nitrogens with zero attached hydrogens (tertiary/aromatic N) is 2. The third kappa shape index (κ3) is 6.41. The zero-order valence-electron chi connectivity index (χ0n) is 29.6. The van der Waals surface area contributed by atoms with Gasteiger partial charge in [-0.2, -0.15) is 0 Å². The molecule has 56 heavy (non-hydrogen) atoms. The molecular formula is C46H32N4O6. The molecule has 3 aromatic heterocycles. The normalized spacial score (nSPS) is 11.9. The van der Waals surface area contributed by atoms with Crippen LogP contribution in [0.1, 0.15) is 22.8 Å². The zero-order chi connectivity index (χ0) is 38.3. The number of hydrogen-bond acceptors (Lipinski definition) is 7. The van der Waals surface area contributed by atoms with Crippen molar-refractivity contribution in [2.45, 2.75) is 0 Å². The molecule has 0 fully saturated rings. The van der Waals surface area contributed by atoms with Crippen LogP contribution in [0.2, 0.25) is 0 Å². The van der Waals surface area contributed by atoms with Gasteiger partial charge in [-0.05, 0) is 119 Å². The average molecular weight is 737 g/mol. The number of carboxylic acid groups (broad SMARTS) is 1. The van der Waals surface area contributed by atoms with Crippen molar-refractivity contribution in [3.05, 3.63) is 144 Å². The summed E-state index contributed by atoms with van der Waals surface area (Å²) >= 11 is 0. The zero-order valence-corrected chi connectivity index (χ0v) is 29.6. The Morgan fingerprint density at radius 3 is 1.02 bits per heavy atom. The number of rotatable bonds is 7. The average Bonchev–Trinajstić information content (AvgIpc) is 4.04. The fraction of sp³-hybridized carbons (Fsp3) is 0.0217. The van der Waals surface area contributed by atoms with Crippen LogP contribution < -0.4 is 4.74 Å². The number of H-pyrrole nitrogens is 2. The van der Waals surface area contributed by atoms with Crippen molar-refractivity contribution in [1.82, 2.24) is 19.9 Å². The summed E-state index contributed by atoms with van der Waals surface area (Å²) in [6.45, 7) is -0.457. The summed E-state index contributed by atoms with van der Waals surface area (Å²) in [6, 6.07) is 36.2. The van der Waals surface area contributed by atoms with E-state index in [2.05, 4.69) is 9.97 Å². The summed E-state index contributed by atoms with van der Waals surface area (Å²) in [4.78, 5) is 29.0. The van der Waals surface area contributed by atoms with Gasteiger partial charge in [0.2, 0.25) is 0 Å². The third-order valence-electron chi connectivity index (χ3n) is 9.73. The number of aromatic nitrogens is 4. The molecule has 0 radical (unpaired) electrons. The third-order valence-corrected chi connectivity index (χ3v) is 9.73. The van der Waals surface area contributed by atoms with Gasteiger partial charge in [-0.3, -0.25) is 0 Å². The van der Waals surface area contributed by atoms with Gasteiger partial charge in [0.05, 0.1) is 22.8 Å². The molecule has 7 aromatic rings. The lowest BCUT2D eigenvalue weighted by atomic mass is 10.0. The molecule has 0 saturated heterocycles. The number of fused-ring (bicyclic) bond motifs is 8. The molecule has 2 aliphatic heterocycles. The SMILES string of the molecule is O=C(O)COc1ccc(-c2c3nc(c(-c4ccc(O)cc4)c4ccc([nH]4)c(-c4ccc(O)cc4)c4nc(c(-c5ccc(O)cc5)c5ccc2[nH]5)C=C4)C=C3)cc1. The number of aromatic amines is 2. The van der Waals surface area contributed by atoms with Crippen LogP contribution in [0.25, 0.3) is 90.9 Å². The van der Waals surface area contributed by atoms with Gasteiger partial charge < -0.3 is 35.1 Å². The van der Waals surface area contributed by atoms with Gasteiger partial charge in [0.1, 0.15) is 23.0 Å². The molecule has 8 bridgehead atoms. The second-order valence-electron chi connectivity index (χ2n) is 13.4. The summed E-state index contributed by atoms with van der Waals surface area (Å²) in [5.41, 5.74) is 12.4. The van der Waals surface area contributed by atoms with Gasteiger partial charge in [-0.1, -0.05) is 48.5 Å². The van der Waals surface area contributed by atoms with Crippen LogP contribution in [-0.2, 0) is 4.79 Å². The minimum atomic E-state index is -1.06. The molecule has 0 amide bonds. The molecule has 10 heteroatoms. The Hall–Kier alpha value is -7.85. The highest BCUT2D eigenvalue weighted by molar-refractivity contribution is 6.00. The van der Waals surface area contributed by atoms with Gasteiger partial charge in [0, 0.05) is 44.3 Å². The van der Waals surface area contributed by atoms with Gasteiger partial charge in [-0.25, -0.2) is 14.8 Å². The van der Waals surface area contributed by atoms with Crippen molar-refractivity contribution in [2.75, 3.05) is 6.61 Å². The Morgan fingerprint density at radius 2 is 0.732 bits per heavy atom. The number of nitrogens with one attached hydrogen (secondary N) is 2. The fourth-order valence-electron chi connectivity index (χ4n) is 7.17. The highest BCUT2D eigenvalue weighted by atomic mass is 16.5. The minimum Gasteiger partial charge on any atom is -0.508 e. The number of ether oxygens (including phenoxy) is 1. The number of hydrogen-bond donors (Lipinski definition) is 6. The molecule has 2 aliphatic rings. The van der Waals surface area contributed by atoms with Crippen molar-refractivity contribution >= 4 is 52.3 Å². The van der Waals surface area contributed by atoms with E-state index in [1.807, 2.05) is 97.1 Å². The van der Waals surface area contributed by atoms with Crippen LogP contribution in [0.15, 0.2) is 121 Å². The van der Waals surface area contributed by atoms with Crippen molar-refractivity contribution in [3.63, 3.8) is 0 Å². The minimum absolute atomic E-state index is 0.143. The van der Waals surface area contributed by atoms with E-state index in [1.165, 1.54) is 0 Å².